The molecule has 0 nitrogen and oxygen atoms in total. The average Bonchev–Trinajstić information content (AvgIpc) is 3.47. The Hall–Kier alpha value is -0.530. The van der Waals surface area contributed by atoms with E-state index in [1.54, 1.807) is 32.6 Å². The third-order valence-electron chi connectivity index (χ3n) is 7.48. The quantitative estimate of drug-likeness (QED) is 0.275. The maximum absolute atomic E-state index is 3.67. The van der Waals surface area contributed by atoms with Crippen LogP contribution in [0.4, 0.5) is 0 Å². The summed E-state index contributed by atoms with van der Waals surface area (Å²) in [5, 5.41) is 1.56. The Kier molecular flexibility index (Phi) is 14.1. The molecule has 3 aliphatic carbocycles. The molecular formula is C35H48Cl2SiZr-2. The molecule has 1 fully saturated rings. The molecule has 1 saturated carbocycles. The van der Waals surface area contributed by atoms with Gasteiger partial charge in [-0.25, -0.2) is 11.3 Å². The zero-order chi connectivity index (χ0) is 27.4. The summed E-state index contributed by atoms with van der Waals surface area (Å²) in [6.07, 6.45) is 17.0. The fourth-order valence-electron chi connectivity index (χ4n) is 4.93. The van der Waals surface area contributed by atoms with Gasteiger partial charge in [0, 0.05) is 0 Å². The molecular weight excluding hydrogens is 611 g/mol. The van der Waals surface area contributed by atoms with Crippen molar-refractivity contribution in [1.82, 2.24) is 0 Å². The molecule has 0 heterocycles. The molecule has 0 atom stereocenters. The second-order valence-electron chi connectivity index (χ2n) is 13.9. The van der Waals surface area contributed by atoms with Crippen LogP contribution in [0.25, 0.3) is 11.1 Å². The van der Waals surface area contributed by atoms with E-state index in [1.165, 1.54) is 65.5 Å². The molecule has 0 aromatic heterocycles. The van der Waals surface area contributed by atoms with Crippen molar-refractivity contribution in [2.45, 2.75) is 117 Å². The van der Waals surface area contributed by atoms with Gasteiger partial charge in [-0.15, -0.1) is 17.5 Å². The van der Waals surface area contributed by atoms with Crippen molar-refractivity contribution in [2.24, 2.45) is 0 Å². The summed E-state index contributed by atoms with van der Waals surface area (Å²) in [6.45, 7) is 20.7. The van der Waals surface area contributed by atoms with Crippen LogP contribution in [0.2, 0.25) is 19.6 Å². The number of fused-ring (bicyclic) bond motifs is 3. The van der Waals surface area contributed by atoms with Crippen LogP contribution in [0.15, 0.2) is 47.7 Å². The Morgan fingerprint density at radius 1 is 0.795 bits per heavy atom. The average molecular weight is 659 g/mol. The van der Waals surface area contributed by atoms with Gasteiger partial charge in [0.15, 0.2) is 0 Å². The molecule has 2 aromatic rings. The number of halogens is 2. The fourth-order valence-corrected chi connectivity index (χ4v) is 7.04. The Labute approximate surface area is 268 Å². The zero-order valence-electron chi connectivity index (χ0n) is 25.7. The van der Waals surface area contributed by atoms with Gasteiger partial charge in [0.05, 0.1) is 0 Å². The van der Waals surface area contributed by atoms with Gasteiger partial charge in [0.25, 0.3) is 0 Å². The van der Waals surface area contributed by atoms with Crippen LogP contribution in [0.5, 0.6) is 0 Å². The van der Waals surface area contributed by atoms with E-state index in [1.807, 2.05) is 0 Å². The Balaban J connectivity index is 0.000000350. The monoisotopic (exact) mass is 656 g/mol. The molecule has 0 bridgehead atoms. The van der Waals surface area contributed by atoms with Crippen LogP contribution in [0, 0.1) is 12.1 Å². The van der Waals surface area contributed by atoms with Gasteiger partial charge < -0.3 is 24.8 Å². The van der Waals surface area contributed by atoms with Gasteiger partial charge in [-0.3, -0.25) is 6.08 Å². The van der Waals surface area contributed by atoms with E-state index in [4.69, 9.17) is 0 Å². The molecule has 39 heavy (non-hydrogen) atoms. The van der Waals surface area contributed by atoms with Crippen molar-refractivity contribution in [2.75, 3.05) is 0 Å². The van der Waals surface area contributed by atoms with E-state index >= 15 is 0 Å². The van der Waals surface area contributed by atoms with Gasteiger partial charge in [0.2, 0.25) is 0 Å². The van der Waals surface area contributed by atoms with Gasteiger partial charge in [-0.2, -0.15) is 29.8 Å². The van der Waals surface area contributed by atoms with Crippen LogP contribution in [0.3, 0.4) is 0 Å². The van der Waals surface area contributed by atoms with E-state index in [0.717, 1.165) is 12.8 Å². The molecule has 0 N–H and O–H groups in total. The van der Waals surface area contributed by atoms with Crippen molar-refractivity contribution in [3.05, 3.63) is 82.1 Å². The summed E-state index contributed by atoms with van der Waals surface area (Å²) in [4.78, 5) is 0. The first-order valence-corrected chi connectivity index (χ1v) is 18.9. The molecule has 3 aliphatic rings. The van der Waals surface area contributed by atoms with Gasteiger partial charge in [0.1, 0.15) is 0 Å². The molecule has 0 saturated heterocycles. The summed E-state index contributed by atoms with van der Waals surface area (Å²) < 4.78 is 1.80. The molecule has 4 heteroatoms. The maximum atomic E-state index is 3.67. The summed E-state index contributed by atoms with van der Waals surface area (Å²) in [7, 11) is -0.981. The first kappa shape index (κ1) is 36.5. The summed E-state index contributed by atoms with van der Waals surface area (Å²) >= 11 is 1.69. The molecule has 0 unspecified atom stereocenters. The molecule has 5 rings (SSSR count). The Morgan fingerprint density at radius 3 is 1.85 bits per heavy atom. The summed E-state index contributed by atoms with van der Waals surface area (Å²) in [5.74, 6) is 0. The predicted octanol–water partition coefficient (Wildman–Crippen LogP) is 3.88. The van der Waals surface area contributed by atoms with Gasteiger partial charge in [-0.1, -0.05) is 84.9 Å². The topological polar surface area (TPSA) is 0 Å². The number of allylic oxidation sites excluding steroid dienone is 4. The number of hydrogen-bond acceptors (Lipinski definition) is 0. The standard InChI is InChI=1S/C21H25.C8H13Si.C6H10.2ClH.Zr/c1-20(2,3)16-7-9-18-14(12-16)11-15-13-17(21(4,5)6)8-10-19(15)18;1-9(2,3)8-6-4-5-7-8;1-2-4-6-5-3-1;;;/h7-10,12H,11H2,1-6H3;6-7H,4H2,1-3H3;1-5H2;2*1H;/q2*-1;;;;+2/p-2. The fraction of sp³-hybridized carbons (Fsp3) is 0.514. The Morgan fingerprint density at radius 2 is 1.41 bits per heavy atom. The summed E-state index contributed by atoms with van der Waals surface area (Å²) in [6, 6.07) is 15.2. The third kappa shape index (κ3) is 10.7. The van der Waals surface area contributed by atoms with Crippen LogP contribution in [0.1, 0.15) is 102 Å². The molecule has 0 spiro atoms. The first-order valence-electron chi connectivity index (χ1n) is 14.2. The zero-order valence-corrected chi connectivity index (χ0v) is 30.7. The predicted molar refractivity (Wildman–Crippen MR) is 163 cm³/mol. The van der Waals surface area contributed by atoms with E-state index in [0.29, 0.717) is 0 Å². The second-order valence-corrected chi connectivity index (χ2v) is 20.8. The Bertz CT molecular complexity index is 1100. The molecule has 0 aliphatic heterocycles. The minimum absolute atomic E-state index is 0. The van der Waals surface area contributed by atoms with Crippen molar-refractivity contribution >= 4 is 11.3 Å². The van der Waals surface area contributed by atoms with E-state index in [2.05, 4.69) is 116 Å². The molecule has 0 radical (unpaired) electrons. The molecule has 0 amide bonds. The number of rotatable bonds is 1. The van der Waals surface area contributed by atoms with Crippen LogP contribution in [-0.4, -0.2) is 11.3 Å². The number of benzene rings is 2. The van der Waals surface area contributed by atoms with Crippen molar-refractivity contribution in [3.63, 3.8) is 0 Å². The molecule has 2 aromatic carbocycles. The van der Waals surface area contributed by atoms with Gasteiger partial charge in [-0.05, 0) is 36.5 Å². The van der Waals surface area contributed by atoms with Crippen LogP contribution < -0.4 is 24.8 Å². The van der Waals surface area contributed by atoms with Crippen molar-refractivity contribution in [1.29, 1.82) is 0 Å². The summed E-state index contributed by atoms with van der Waals surface area (Å²) in [5.41, 5.74) is 8.70. The van der Waals surface area contributed by atoms with Crippen molar-refractivity contribution in [3.8, 4) is 11.1 Å². The minimum atomic E-state index is -0.981. The van der Waals surface area contributed by atoms with E-state index in [9.17, 15) is 0 Å². The van der Waals surface area contributed by atoms with Crippen LogP contribution >= 0.6 is 0 Å². The SMILES string of the molecule is CC(C)(C)c1[c-]c2c(cc1)-c1ccc(C(C)(C)C)cc1C2.C[Si](C)(C)C1=CC[C-]=C1.[Cl-].[Cl-].[Zr+2]=[C]1CCCCC1. The van der Waals surface area contributed by atoms with E-state index < -0.39 is 8.07 Å². The third-order valence-corrected chi connectivity index (χ3v) is 10.8. The van der Waals surface area contributed by atoms with Crippen molar-refractivity contribution < 1.29 is 49.0 Å². The second kappa shape index (κ2) is 15.1. The molecule has 212 valence electrons. The number of hydrogen-bond donors (Lipinski definition) is 0. The van der Waals surface area contributed by atoms with E-state index in [-0.39, 0.29) is 35.6 Å². The first-order chi connectivity index (χ1) is 17.2. The van der Waals surface area contributed by atoms with Crippen LogP contribution in [-0.2, 0) is 41.5 Å². The normalized spacial score (nSPS) is 15.9. The van der Waals surface area contributed by atoms with Gasteiger partial charge >= 0.3 is 59.5 Å².